The smallest absolute Gasteiger partial charge is 0.328 e. The van der Waals surface area contributed by atoms with Gasteiger partial charge in [-0.25, -0.2) is 4.79 Å². The lowest BCUT2D eigenvalue weighted by atomic mass is 10.2. The van der Waals surface area contributed by atoms with Crippen molar-refractivity contribution < 1.29 is 9.47 Å². The van der Waals surface area contributed by atoms with Crippen molar-refractivity contribution in [2.24, 2.45) is 0 Å². The molecule has 9 heteroatoms. The Labute approximate surface area is 226 Å². The van der Waals surface area contributed by atoms with Crippen molar-refractivity contribution in [3.63, 3.8) is 0 Å². The Bertz CT molecular complexity index is 1560. The van der Waals surface area contributed by atoms with Crippen molar-refractivity contribution in [3.05, 3.63) is 106 Å². The average molecular weight is 525 g/mol. The summed E-state index contributed by atoms with van der Waals surface area (Å²) in [5, 5.41) is 3.45. The molecule has 0 atom stereocenters. The lowest BCUT2D eigenvalue weighted by molar-refractivity contribution is 0.286. The first-order valence-electron chi connectivity index (χ1n) is 13.1. The number of fused-ring (bicyclic) bond motifs is 1. The largest absolute Gasteiger partial charge is 0.463 e. The van der Waals surface area contributed by atoms with E-state index in [1.807, 2.05) is 54.6 Å². The maximum absolute atomic E-state index is 12.7. The standard InChI is InChI=1S/C30H32N6O3/c1-2-3-17-38-29-34-27(31)26-28(35-29)36(30(37)33-26)20-23-11-15-25(16-12-23)39-24-13-9-22(10-14-24)19-32-18-21-7-5-4-6-8-21/h4-16,32H,2-3,17-20H2,1H3,(H,33,37)(H2,31,34,35). The molecule has 0 bridgehead atoms. The van der Waals surface area contributed by atoms with Gasteiger partial charge in [-0.05, 0) is 47.4 Å². The van der Waals surface area contributed by atoms with E-state index < -0.39 is 0 Å². The van der Waals surface area contributed by atoms with E-state index in [-0.39, 0.29) is 17.5 Å². The molecule has 0 saturated carbocycles. The first-order chi connectivity index (χ1) is 19.1. The summed E-state index contributed by atoms with van der Waals surface area (Å²) >= 11 is 0. The molecule has 5 aromatic rings. The van der Waals surface area contributed by atoms with Gasteiger partial charge in [-0.2, -0.15) is 9.97 Å². The van der Waals surface area contributed by atoms with Crippen LogP contribution in [0.25, 0.3) is 11.2 Å². The molecule has 4 N–H and O–H groups in total. The van der Waals surface area contributed by atoms with Crippen molar-refractivity contribution in [1.82, 2.24) is 24.8 Å². The number of hydrogen-bond acceptors (Lipinski definition) is 7. The summed E-state index contributed by atoms with van der Waals surface area (Å²) in [7, 11) is 0. The molecule has 0 aliphatic heterocycles. The molecule has 0 aliphatic carbocycles. The molecule has 2 heterocycles. The molecular formula is C30H32N6O3. The highest BCUT2D eigenvalue weighted by Gasteiger charge is 2.15. The minimum absolute atomic E-state index is 0.169. The summed E-state index contributed by atoms with van der Waals surface area (Å²) in [6, 6.07) is 26.1. The van der Waals surface area contributed by atoms with E-state index in [0.717, 1.165) is 37.2 Å². The number of unbranched alkanes of at least 4 members (excludes halogenated alkanes) is 1. The normalized spacial score (nSPS) is 11.1. The Balaban J connectivity index is 1.20. The number of nitrogens with one attached hydrogen (secondary N) is 2. The second kappa shape index (κ2) is 12.3. The molecule has 5 rings (SSSR count). The van der Waals surface area contributed by atoms with Gasteiger partial charge in [0, 0.05) is 13.1 Å². The third-order valence-corrected chi connectivity index (χ3v) is 6.28. The van der Waals surface area contributed by atoms with Gasteiger partial charge < -0.3 is 25.5 Å². The number of aromatic amines is 1. The Morgan fingerprint density at radius 3 is 2.18 bits per heavy atom. The van der Waals surface area contributed by atoms with E-state index in [1.54, 1.807) is 0 Å². The number of anilines is 1. The predicted molar refractivity (Wildman–Crippen MR) is 152 cm³/mol. The zero-order valence-corrected chi connectivity index (χ0v) is 21.9. The number of H-pyrrole nitrogens is 1. The predicted octanol–water partition coefficient (Wildman–Crippen LogP) is 5.01. The first kappa shape index (κ1) is 26.0. The number of rotatable bonds is 12. The molecule has 9 nitrogen and oxygen atoms in total. The maximum atomic E-state index is 12.7. The van der Waals surface area contributed by atoms with Gasteiger partial charge in [-0.15, -0.1) is 0 Å². The molecule has 0 radical (unpaired) electrons. The van der Waals surface area contributed by atoms with Gasteiger partial charge in [0.25, 0.3) is 0 Å². The second-order valence-electron chi connectivity index (χ2n) is 9.29. The fraction of sp³-hybridized carbons (Fsp3) is 0.233. The number of nitrogens with zero attached hydrogens (tertiary/aromatic N) is 3. The van der Waals surface area contributed by atoms with Crippen molar-refractivity contribution in [2.75, 3.05) is 12.3 Å². The van der Waals surface area contributed by atoms with Gasteiger partial charge in [0.2, 0.25) is 0 Å². The van der Waals surface area contributed by atoms with E-state index in [9.17, 15) is 4.79 Å². The van der Waals surface area contributed by atoms with Crippen LogP contribution in [0.2, 0.25) is 0 Å². The van der Waals surface area contributed by atoms with E-state index in [2.05, 4.69) is 51.5 Å². The average Bonchev–Trinajstić information content (AvgIpc) is 3.27. The van der Waals surface area contributed by atoms with Gasteiger partial charge in [0.05, 0.1) is 13.2 Å². The van der Waals surface area contributed by atoms with Crippen molar-refractivity contribution in [1.29, 1.82) is 0 Å². The molecule has 0 unspecified atom stereocenters. The highest BCUT2D eigenvalue weighted by Crippen LogP contribution is 2.23. The summed E-state index contributed by atoms with van der Waals surface area (Å²) in [5.41, 5.74) is 9.91. The Morgan fingerprint density at radius 2 is 1.51 bits per heavy atom. The van der Waals surface area contributed by atoms with E-state index in [1.165, 1.54) is 15.7 Å². The zero-order valence-electron chi connectivity index (χ0n) is 21.9. The summed E-state index contributed by atoms with van der Waals surface area (Å²) in [6.45, 7) is 4.48. The summed E-state index contributed by atoms with van der Waals surface area (Å²) in [5.74, 6) is 1.65. The van der Waals surface area contributed by atoms with Crippen LogP contribution in [0.4, 0.5) is 5.82 Å². The fourth-order valence-electron chi connectivity index (χ4n) is 4.15. The Hall–Kier alpha value is -4.63. The quantitative estimate of drug-likeness (QED) is 0.196. The van der Waals surface area contributed by atoms with Crippen molar-refractivity contribution in [3.8, 4) is 17.5 Å². The van der Waals surface area contributed by atoms with E-state index in [0.29, 0.717) is 30.1 Å². The van der Waals surface area contributed by atoms with Crippen LogP contribution >= 0.6 is 0 Å². The van der Waals surface area contributed by atoms with Crippen LogP contribution in [0.15, 0.2) is 83.7 Å². The fourth-order valence-corrected chi connectivity index (χ4v) is 4.15. The van der Waals surface area contributed by atoms with Crippen LogP contribution in [0.5, 0.6) is 17.5 Å². The number of nitrogen functional groups attached to an aromatic ring is 1. The highest BCUT2D eigenvalue weighted by molar-refractivity contribution is 5.81. The SMILES string of the molecule is CCCCOc1nc(N)c2[nH]c(=O)n(Cc3ccc(Oc4ccc(CNCc5ccccc5)cc4)cc3)c2n1. The molecule has 0 spiro atoms. The van der Waals surface area contributed by atoms with Gasteiger partial charge in [0.15, 0.2) is 11.5 Å². The molecule has 39 heavy (non-hydrogen) atoms. The number of aromatic nitrogens is 4. The Morgan fingerprint density at radius 1 is 0.872 bits per heavy atom. The Kier molecular flexibility index (Phi) is 8.18. The van der Waals surface area contributed by atoms with E-state index >= 15 is 0 Å². The highest BCUT2D eigenvalue weighted by atomic mass is 16.5. The molecule has 200 valence electrons. The third-order valence-electron chi connectivity index (χ3n) is 6.28. The number of ether oxygens (including phenoxy) is 2. The third kappa shape index (κ3) is 6.63. The van der Waals surface area contributed by atoms with Crippen molar-refractivity contribution in [2.45, 2.75) is 39.4 Å². The lowest BCUT2D eigenvalue weighted by Gasteiger charge is -2.09. The molecule has 0 saturated heterocycles. The molecule has 0 aliphatic rings. The van der Waals surface area contributed by atoms with Crippen LogP contribution < -0.4 is 26.2 Å². The van der Waals surface area contributed by atoms with Gasteiger partial charge in [0.1, 0.15) is 17.0 Å². The summed E-state index contributed by atoms with van der Waals surface area (Å²) < 4.78 is 13.2. The topological polar surface area (TPSA) is 120 Å². The molecule has 0 fully saturated rings. The van der Waals surface area contributed by atoms with Crippen LogP contribution in [-0.2, 0) is 19.6 Å². The zero-order chi connectivity index (χ0) is 27.0. The van der Waals surface area contributed by atoms with Crippen LogP contribution in [0, 0.1) is 0 Å². The second-order valence-corrected chi connectivity index (χ2v) is 9.29. The lowest BCUT2D eigenvalue weighted by Crippen LogP contribution is -2.17. The minimum Gasteiger partial charge on any atom is -0.463 e. The van der Waals surface area contributed by atoms with Crippen LogP contribution in [0.3, 0.4) is 0 Å². The van der Waals surface area contributed by atoms with Crippen LogP contribution in [-0.4, -0.2) is 26.1 Å². The molecule has 2 aromatic heterocycles. The number of imidazole rings is 1. The molecule has 3 aromatic carbocycles. The van der Waals surface area contributed by atoms with Gasteiger partial charge >= 0.3 is 11.7 Å². The molecule has 0 amide bonds. The van der Waals surface area contributed by atoms with Crippen molar-refractivity contribution >= 4 is 17.0 Å². The molecular weight excluding hydrogens is 492 g/mol. The number of hydrogen-bond donors (Lipinski definition) is 3. The maximum Gasteiger partial charge on any atom is 0.328 e. The first-order valence-corrected chi connectivity index (χ1v) is 13.1. The van der Waals surface area contributed by atoms with Crippen LogP contribution in [0.1, 0.15) is 36.5 Å². The summed E-state index contributed by atoms with van der Waals surface area (Å²) in [4.78, 5) is 24.0. The number of nitrogens with two attached hydrogens (primary N) is 1. The monoisotopic (exact) mass is 524 g/mol. The van der Waals surface area contributed by atoms with Gasteiger partial charge in [-0.1, -0.05) is 67.9 Å². The number of benzene rings is 3. The van der Waals surface area contributed by atoms with Gasteiger partial charge in [-0.3, -0.25) is 4.57 Å². The van der Waals surface area contributed by atoms with E-state index in [4.69, 9.17) is 15.2 Å². The minimum atomic E-state index is -0.310. The summed E-state index contributed by atoms with van der Waals surface area (Å²) in [6.07, 6.45) is 1.87.